The molecule has 0 radical (unpaired) electrons. The topological polar surface area (TPSA) is 111 Å². The maximum absolute atomic E-state index is 13.8. The van der Waals surface area contributed by atoms with Crippen LogP contribution in [-0.2, 0) is 4.79 Å². The Hall–Kier alpha value is -1.22. The number of halogens is 1. The molecule has 2 aliphatic carbocycles. The van der Waals surface area contributed by atoms with Crippen molar-refractivity contribution in [2.75, 3.05) is 45.8 Å². The molecule has 8 heteroatoms. The van der Waals surface area contributed by atoms with Crippen LogP contribution in [0, 0.1) is 23.2 Å². The van der Waals surface area contributed by atoms with E-state index in [2.05, 4.69) is 78.5 Å². The molecule has 2 fully saturated rings. The average Bonchev–Trinajstić information content (AvgIpc) is 2.85. The van der Waals surface area contributed by atoms with Crippen molar-refractivity contribution in [1.82, 2.24) is 20.4 Å². The number of alkyl halides is 1. The Morgan fingerprint density at radius 3 is 2.45 bits per heavy atom. The highest BCUT2D eigenvalue weighted by Gasteiger charge is 2.42. The quantitative estimate of drug-likeness (QED) is 0.372. The number of piperidine rings is 1. The minimum Gasteiger partial charge on any atom is -0.412 e. The van der Waals surface area contributed by atoms with Gasteiger partial charge in [0.25, 0.3) is 0 Å². The van der Waals surface area contributed by atoms with Crippen LogP contribution in [0.4, 0.5) is 0 Å². The fourth-order valence-corrected chi connectivity index (χ4v) is 6.96. The molecular weight excluding hydrogens is 500 g/mol. The smallest absolute Gasteiger partial charge is 0.239 e. The predicted molar refractivity (Wildman–Crippen MR) is 161 cm³/mol. The fourth-order valence-electron chi connectivity index (χ4n) is 6.75. The van der Waals surface area contributed by atoms with E-state index in [9.17, 15) is 4.79 Å². The molecule has 2 aliphatic heterocycles. The number of nitrogens with one attached hydrogen (secondary N) is 2. The molecule has 0 aromatic heterocycles. The van der Waals surface area contributed by atoms with Gasteiger partial charge < -0.3 is 26.5 Å². The van der Waals surface area contributed by atoms with Crippen LogP contribution in [0.1, 0.15) is 60.8 Å². The summed E-state index contributed by atoms with van der Waals surface area (Å²) in [4.78, 5) is 18.5. The third-order valence-electron chi connectivity index (χ3n) is 8.77. The third-order valence-corrected chi connectivity index (χ3v) is 9.13. The van der Waals surface area contributed by atoms with Crippen LogP contribution < -0.4 is 10.6 Å². The van der Waals surface area contributed by atoms with Crippen LogP contribution in [-0.4, -0.2) is 89.9 Å². The van der Waals surface area contributed by atoms with Crippen molar-refractivity contribution in [3.05, 3.63) is 36.0 Å². The maximum Gasteiger partial charge on any atom is 0.239 e. The summed E-state index contributed by atoms with van der Waals surface area (Å²) in [5, 5.41) is 7.35. The fraction of sp³-hybridized carbons (Fsp3) is 0.767. The van der Waals surface area contributed by atoms with Gasteiger partial charge in [0.1, 0.15) is 0 Å². The first-order valence-electron chi connectivity index (χ1n) is 13.9. The molecule has 38 heavy (non-hydrogen) atoms. The number of hydrogen-bond donors (Lipinski definition) is 2. The summed E-state index contributed by atoms with van der Waals surface area (Å²) in [6, 6.07) is 0.299. The predicted octanol–water partition coefficient (Wildman–Crippen LogP) is 3.20. The summed E-state index contributed by atoms with van der Waals surface area (Å²) in [6.07, 6.45) is 15.6. The van der Waals surface area contributed by atoms with E-state index in [1.807, 2.05) is 0 Å². The molecule has 2 heterocycles. The summed E-state index contributed by atoms with van der Waals surface area (Å²) in [5.41, 5.74) is 1.52. The van der Waals surface area contributed by atoms with Gasteiger partial charge in [0, 0.05) is 51.9 Å². The van der Waals surface area contributed by atoms with Gasteiger partial charge in [0.15, 0.2) is 0 Å². The van der Waals surface area contributed by atoms with Gasteiger partial charge in [-0.3, -0.25) is 9.69 Å². The molecular formula is C30H55ClN4O3. The Morgan fingerprint density at radius 2 is 1.84 bits per heavy atom. The molecule has 0 bridgehead atoms. The van der Waals surface area contributed by atoms with Crippen molar-refractivity contribution in [2.45, 2.75) is 78.3 Å². The van der Waals surface area contributed by atoms with Crippen LogP contribution in [0.3, 0.4) is 0 Å². The van der Waals surface area contributed by atoms with Gasteiger partial charge in [-0.05, 0) is 54.4 Å². The highest BCUT2D eigenvalue weighted by molar-refractivity contribution is 6.21. The van der Waals surface area contributed by atoms with E-state index >= 15 is 0 Å². The van der Waals surface area contributed by atoms with Crippen molar-refractivity contribution < 1.29 is 15.7 Å². The first-order valence-corrected chi connectivity index (χ1v) is 14.3. The summed E-state index contributed by atoms with van der Waals surface area (Å²) in [7, 11) is 0. The van der Waals surface area contributed by atoms with E-state index in [4.69, 9.17) is 11.6 Å². The molecule has 5 atom stereocenters. The average molecular weight is 555 g/mol. The van der Waals surface area contributed by atoms with E-state index in [0.29, 0.717) is 17.9 Å². The summed E-state index contributed by atoms with van der Waals surface area (Å²) in [6.45, 7) is 15.8. The zero-order chi connectivity index (χ0) is 25.0. The van der Waals surface area contributed by atoms with E-state index in [1.54, 1.807) is 0 Å². The van der Waals surface area contributed by atoms with E-state index in [1.165, 1.54) is 12.0 Å². The van der Waals surface area contributed by atoms with Gasteiger partial charge in [0.2, 0.25) is 5.91 Å². The first kappa shape index (κ1) is 34.8. The molecule has 0 aromatic carbocycles. The van der Waals surface area contributed by atoms with E-state index < -0.39 is 0 Å². The van der Waals surface area contributed by atoms with Crippen LogP contribution in [0.2, 0.25) is 0 Å². The van der Waals surface area contributed by atoms with Gasteiger partial charge in [0.05, 0.1) is 11.4 Å². The first-order chi connectivity index (χ1) is 16.8. The molecule has 1 amide bonds. The second kappa shape index (κ2) is 15.5. The standard InChI is InChI=1S/C29H47ClN4O.CH4.2H2O/c1-21(2)27(32-19-23-7-5-6-8-26(23)33-17-14-31-15-18-33)28(35)34-16-13-25(29(3,4)20-34)22-9-11-24(30)12-10-22;;;/h5-7,9,11,21-22,24-27,31-32H,8,10,12-20H2,1-4H3;1H4;2*1H2/t22?,24?,25?,26?,27-;;;/m1.../s1. The summed E-state index contributed by atoms with van der Waals surface area (Å²) < 4.78 is 0. The van der Waals surface area contributed by atoms with Crippen LogP contribution >= 0.6 is 11.6 Å². The van der Waals surface area contributed by atoms with E-state index in [-0.39, 0.29) is 47.0 Å². The molecule has 4 unspecified atom stereocenters. The Morgan fingerprint density at radius 1 is 1.13 bits per heavy atom. The summed E-state index contributed by atoms with van der Waals surface area (Å²) >= 11 is 6.30. The van der Waals surface area contributed by atoms with Crippen molar-refractivity contribution in [2.24, 2.45) is 23.2 Å². The number of nitrogens with zero attached hydrogens (tertiary/aromatic N) is 2. The van der Waals surface area contributed by atoms with Crippen molar-refractivity contribution >= 4 is 17.5 Å². The number of hydrogen-bond acceptors (Lipinski definition) is 4. The second-order valence-corrected chi connectivity index (χ2v) is 12.7. The number of carbonyl (C=O) groups is 1. The Kier molecular flexibility index (Phi) is 14.2. The molecule has 4 rings (SSSR count). The molecule has 6 N–H and O–H groups in total. The van der Waals surface area contributed by atoms with Crippen molar-refractivity contribution in [3.63, 3.8) is 0 Å². The number of carbonyl (C=O) groups excluding carboxylic acids is 1. The van der Waals surface area contributed by atoms with Gasteiger partial charge >= 0.3 is 0 Å². The zero-order valence-electron chi connectivity index (χ0n) is 23.3. The molecule has 0 saturated carbocycles. The lowest BCUT2D eigenvalue weighted by atomic mass is 9.65. The SMILES string of the molecule is C.CC(C)[C@@H](NCC1=CC=CCC1N1CCNCC1)C(=O)N1CCC(C2C=CC(Cl)CC2)C(C)(C)C1.O.O. The normalized spacial score (nSPS) is 29.9. The van der Waals surface area contributed by atoms with E-state index in [0.717, 1.165) is 65.1 Å². The Labute approximate surface area is 236 Å². The number of allylic oxidation sites excluding steroid dienone is 4. The number of piperazine rings is 1. The lowest BCUT2D eigenvalue weighted by Crippen LogP contribution is -2.57. The maximum atomic E-state index is 13.8. The molecule has 2 saturated heterocycles. The summed E-state index contributed by atoms with van der Waals surface area (Å²) in [5.74, 6) is 1.72. The lowest BCUT2D eigenvalue weighted by molar-refractivity contribution is -0.139. The lowest BCUT2D eigenvalue weighted by Gasteiger charge is -2.48. The molecule has 7 nitrogen and oxygen atoms in total. The van der Waals surface area contributed by atoms with Gasteiger partial charge in [-0.1, -0.05) is 65.5 Å². The van der Waals surface area contributed by atoms with Crippen LogP contribution in [0.5, 0.6) is 0 Å². The zero-order valence-corrected chi connectivity index (χ0v) is 24.1. The Balaban J connectivity index is 0.00000241. The highest BCUT2D eigenvalue weighted by Crippen LogP contribution is 2.43. The van der Waals surface area contributed by atoms with Crippen molar-refractivity contribution in [1.29, 1.82) is 0 Å². The second-order valence-electron chi connectivity index (χ2n) is 12.1. The molecule has 0 spiro atoms. The minimum absolute atomic E-state index is 0. The number of likely N-dealkylation sites (tertiary alicyclic amines) is 1. The van der Waals surface area contributed by atoms with Crippen molar-refractivity contribution in [3.8, 4) is 0 Å². The largest absolute Gasteiger partial charge is 0.412 e. The number of amides is 1. The van der Waals surface area contributed by atoms with Crippen LogP contribution in [0.15, 0.2) is 36.0 Å². The molecule has 4 aliphatic rings. The highest BCUT2D eigenvalue weighted by atomic mass is 35.5. The molecule has 220 valence electrons. The number of rotatable bonds is 7. The van der Waals surface area contributed by atoms with Gasteiger partial charge in [-0.15, -0.1) is 11.6 Å². The minimum atomic E-state index is -0.149. The Bertz CT molecular complexity index is 822. The van der Waals surface area contributed by atoms with Gasteiger partial charge in [-0.25, -0.2) is 0 Å². The monoisotopic (exact) mass is 554 g/mol. The third kappa shape index (κ3) is 8.39. The molecule has 0 aromatic rings. The van der Waals surface area contributed by atoms with Crippen LogP contribution in [0.25, 0.3) is 0 Å². The van der Waals surface area contributed by atoms with Gasteiger partial charge in [-0.2, -0.15) is 0 Å².